The molecule has 6 heterocycles. The highest BCUT2D eigenvalue weighted by molar-refractivity contribution is 6.31. The number of amides is 2. The molecular weight excluding hydrogens is 876 g/mol. The Morgan fingerprint density at radius 2 is 1.79 bits per heavy atom. The van der Waals surface area contributed by atoms with E-state index in [0.29, 0.717) is 59.2 Å². The Bertz CT molecular complexity index is 2700. The summed E-state index contributed by atoms with van der Waals surface area (Å²) in [6, 6.07) is 14.6. The highest BCUT2D eigenvalue weighted by Gasteiger charge is 2.42. The van der Waals surface area contributed by atoms with Gasteiger partial charge in [-0.25, -0.2) is 8.78 Å². The average molecular weight is 933 g/mol. The Labute approximate surface area is 394 Å². The van der Waals surface area contributed by atoms with Crippen LogP contribution >= 0.6 is 11.6 Å². The molecule has 0 unspecified atom stereocenters. The number of rotatable bonds is 9. The molecule has 0 atom stereocenters. The summed E-state index contributed by atoms with van der Waals surface area (Å²) in [5.74, 6) is 1.98. The van der Waals surface area contributed by atoms with Crippen molar-refractivity contribution in [2.75, 3.05) is 36.0 Å². The number of hydrogen-bond donors (Lipinski definition) is 1. The van der Waals surface area contributed by atoms with Gasteiger partial charge in [0.2, 0.25) is 5.91 Å². The van der Waals surface area contributed by atoms with Crippen molar-refractivity contribution >= 4 is 40.7 Å². The number of nitrogens with zero attached hydrogens (tertiary/aromatic N) is 10. The first kappa shape index (κ1) is 44.7. The van der Waals surface area contributed by atoms with Gasteiger partial charge in [0.1, 0.15) is 11.8 Å². The fraction of sp³-hybridized carbons (Fsp3) is 0.500. The number of hydrogen-bond acceptors (Lipinski definition) is 10. The third-order valence-electron chi connectivity index (χ3n) is 15.0. The quantitative estimate of drug-likeness (QED) is 0.152. The van der Waals surface area contributed by atoms with E-state index in [9.17, 15) is 18.4 Å². The van der Waals surface area contributed by atoms with Crippen LogP contribution in [0.1, 0.15) is 128 Å². The standard InChI is InChI=1S/C50H56ClF2N11O3/c1-31(65)61-22-16-44-41(29-61)48(63-21-3-5-32-23-39(34-27-55-60(2)28-34)40(47(52)53)25-45(32)63)59-64(44)36-14-18-50(19-15-36)17-4-20-62(30-50)46-13-12-43(57-58-46)49(66)56-35-7-10-37(11-8-35)67-38-9-6-33(26-54)42(51)24-38/h6,9,12-13,23-25,27-28,35-37,47H,3-5,7-8,10-11,14-22,29-30H2,1-2H3,(H,56,66). The monoisotopic (exact) mass is 931 g/mol. The third kappa shape index (κ3) is 9.06. The van der Waals surface area contributed by atoms with Crippen molar-refractivity contribution in [3.8, 4) is 22.9 Å². The van der Waals surface area contributed by atoms with Crippen molar-refractivity contribution in [3.63, 3.8) is 0 Å². The van der Waals surface area contributed by atoms with Gasteiger partial charge in [-0.15, -0.1) is 10.2 Å². The summed E-state index contributed by atoms with van der Waals surface area (Å²) in [6.07, 6.45) is 12.3. The summed E-state index contributed by atoms with van der Waals surface area (Å²) in [5, 5.41) is 31.3. The molecular formula is C50H56ClF2N11O3. The smallest absolute Gasteiger partial charge is 0.272 e. The fourth-order valence-corrected chi connectivity index (χ4v) is 11.6. The van der Waals surface area contributed by atoms with Crippen LogP contribution in [0.3, 0.4) is 0 Å². The number of nitrogens with one attached hydrogen (secondary N) is 1. The number of carbonyl (C=O) groups is 2. The summed E-state index contributed by atoms with van der Waals surface area (Å²) in [7, 11) is 1.79. The fourth-order valence-electron chi connectivity index (χ4n) is 11.4. The molecule has 1 N–H and O–H groups in total. The molecule has 2 aliphatic carbocycles. The van der Waals surface area contributed by atoms with Gasteiger partial charge in [0, 0.05) is 92.9 Å². The lowest BCUT2D eigenvalue weighted by atomic mass is 9.68. The summed E-state index contributed by atoms with van der Waals surface area (Å²) >= 11 is 6.19. The molecule has 67 heavy (non-hydrogen) atoms. The van der Waals surface area contributed by atoms with E-state index in [4.69, 9.17) is 26.7 Å². The number of nitriles is 1. The van der Waals surface area contributed by atoms with Crippen LogP contribution in [0.5, 0.6) is 5.75 Å². The van der Waals surface area contributed by atoms with E-state index >= 15 is 0 Å². The molecule has 2 amide bonds. The van der Waals surface area contributed by atoms with E-state index in [0.717, 1.165) is 124 Å². The number of piperidine rings is 1. The lowest BCUT2D eigenvalue weighted by Crippen LogP contribution is -2.46. The molecule has 1 saturated heterocycles. The highest BCUT2D eigenvalue weighted by Crippen LogP contribution is 2.49. The number of alkyl halides is 2. The number of anilines is 3. The number of halogens is 3. The van der Waals surface area contributed by atoms with Crippen molar-refractivity contribution in [3.05, 3.63) is 93.5 Å². The molecule has 17 heteroatoms. The molecule has 14 nitrogen and oxygen atoms in total. The SMILES string of the molecule is CC(=O)N1CCc2c(c(N3CCCc4cc(-c5cnn(C)c5)c(C(F)F)cc43)nn2C2CCC3(CCCN(c4ccc(C(=O)NC5CCC(Oc6ccc(C#N)c(Cl)c6)CC5)nn4)C3)CC2)C1. The van der Waals surface area contributed by atoms with Crippen molar-refractivity contribution < 1.29 is 23.1 Å². The first-order valence-corrected chi connectivity index (χ1v) is 24.1. The number of ether oxygens (including phenoxy) is 1. The second-order valence-electron chi connectivity index (χ2n) is 19.3. The van der Waals surface area contributed by atoms with E-state index < -0.39 is 6.43 Å². The number of aromatic nitrogens is 6. The van der Waals surface area contributed by atoms with Crippen molar-refractivity contribution in [2.45, 2.75) is 122 Å². The zero-order valence-electron chi connectivity index (χ0n) is 38.1. The van der Waals surface area contributed by atoms with Gasteiger partial charge in [0.05, 0.1) is 35.5 Å². The van der Waals surface area contributed by atoms with E-state index in [1.165, 1.54) is 0 Å². The summed E-state index contributed by atoms with van der Waals surface area (Å²) in [4.78, 5) is 32.4. The molecule has 5 aromatic rings. The van der Waals surface area contributed by atoms with Gasteiger partial charge in [-0.2, -0.15) is 15.5 Å². The van der Waals surface area contributed by atoms with Crippen LogP contribution in [0.4, 0.5) is 26.1 Å². The molecule has 0 radical (unpaired) electrons. The Kier molecular flexibility index (Phi) is 12.4. The number of aryl methyl sites for hydroxylation is 2. The van der Waals surface area contributed by atoms with Crippen molar-refractivity contribution in [1.82, 2.24) is 40.0 Å². The maximum Gasteiger partial charge on any atom is 0.272 e. The number of carbonyl (C=O) groups excluding carboxylic acids is 2. The predicted octanol–water partition coefficient (Wildman–Crippen LogP) is 9.05. The molecule has 1 spiro atoms. The van der Waals surface area contributed by atoms with E-state index in [2.05, 4.69) is 41.2 Å². The van der Waals surface area contributed by atoms with Gasteiger partial charge in [-0.3, -0.25) is 19.0 Å². The molecule has 3 fully saturated rings. The minimum absolute atomic E-state index is 0.00678. The normalized spacial score (nSPS) is 22.9. The molecule has 10 rings (SSSR count). The Hall–Kier alpha value is -6.08. The zero-order valence-corrected chi connectivity index (χ0v) is 38.8. The number of benzene rings is 2. The lowest BCUT2D eigenvalue weighted by Gasteiger charge is -2.47. The van der Waals surface area contributed by atoms with Crippen LogP contribution in [0, 0.1) is 16.7 Å². The first-order chi connectivity index (χ1) is 32.4. The van der Waals surface area contributed by atoms with Gasteiger partial charge < -0.3 is 24.8 Å². The molecule has 3 aromatic heterocycles. The second kappa shape index (κ2) is 18.5. The van der Waals surface area contributed by atoms with Crippen molar-refractivity contribution in [2.24, 2.45) is 12.5 Å². The Balaban J connectivity index is 0.796. The van der Waals surface area contributed by atoms with Gasteiger partial charge in [0.25, 0.3) is 12.3 Å². The van der Waals surface area contributed by atoms with Crippen LogP contribution in [-0.4, -0.2) is 84.8 Å². The van der Waals surface area contributed by atoms with Crippen LogP contribution in [0.25, 0.3) is 11.1 Å². The molecule has 5 aliphatic rings. The van der Waals surface area contributed by atoms with Crippen molar-refractivity contribution in [1.29, 1.82) is 5.26 Å². The largest absolute Gasteiger partial charge is 0.490 e. The lowest BCUT2D eigenvalue weighted by molar-refractivity contribution is -0.129. The average Bonchev–Trinajstić information content (AvgIpc) is 3.95. The number of fused-ring (bicyclic) bond motifs is 2. The molecule has 2 saturated carbocycles. The predicted molar refractivity (Wildman–Crippen MR) is 250 cm³/mol. The van der Waals surface area contributed by atoms with Crippen LogP contribution < -0.4 is 19.9 Å². The zero-order chi connectivity index (χ0) is 46.4. The van der Waals surface area contributed by atoms with E-state index in [1.807, 2.05) is 17.0 Å². The first-order valence-electron chi connectivity index (χ1n) is 23.8. The molecule has 2 aromatic carbocycles. The Morgan fingerprint density at radius 1 is 0.970 bits per heavy atom. The minimum Gasteiger partial charge on any atom is -0.490 e. The van der Waals surface area contributed by atoms with Gasteiger partial charge in [-0.05, 0) is 130 Å². The second-order valence-corrected chi connectivity index (χ2v) is 19.7. The molecule has 0 bridgehead atoms. The Morgan fingerprint density at radius 3 is 2.49 bits per heavy atom. The third-order valence-corrected chi connectivity index (χ3v) is 15.3. The van der Waals surface area contributed by atoms with Gasteiger partial charge >= 0.3 is 0 Å². The van der Waals surface area contributed by atoms with Crippen LogP contribution in [0.2, 0.25) is 5.02 Å². The summed E-state index contributed by atoms with van der Waals surface area (Å²) in [6.45, 7) is 5.07. The maximum atomic E-state index is 14.8. The topological polar surface area (TPSA) is 150 Å². The van der Waals surface area contributed by atoms with E-state index in [1.54, 1.807) is 61.4 Å². The van der Waals surface area contributed by atoms with E-state index in [-0.39, 0.29) is 41.0 Å². The maximum absolute atomic E-state index is 14.8. The molecule has 3 aliphatic heterocycles. The van der Waals surface area contributed by atoms with Gasteiger partial charge in [0.15, 0.2) is 17.3 Å². The summed E-state index contributed by atoms with van der Waals surface area (Å²) < 4.78 is 39.6. The van der Waals surface area contributed by atoms with Crippen LogP contribution in [0.15, 0.2) is 54.9 Å². The van der Waals surface area contributed by atoms with Crippen LogP contribution in [-0.2, 0) is 31.2 Å². The highest BCUT2D eigenvalue weighted by atomic mass is 35.5. The molecule has 350 valence electrons. The van der Waals surface area contributed by atoms with Gasteiger partial charge in [-0.1, -0.05) is 11.6 Å². The minimum atomic E-state index is -2.67. The summed E-state index contributed by atoms with van der Waals surface area (Å²) in [5.41, 5.74) is 5.94.